The van der Waals surface area contributed by atoms with Crippen LogP contribution in [0.25, 0.3) is 0 Å². The van der Waals surface area contributed by atoms with E-state index in [1.165, 1.54) is 5.56 Å². The zero-order chi connectivity index (χ0) is 11.0. The van der Waals surface area contributed by atoms with Gasteiger partial charge in [0.15, 0.2) is 5.78 Å². The Hall–Kier alpha value is -1.31. The fourth-order valence-electron chi connectivity index (χ4n) is 2.25. The number of benzene rings is 1. The minimum atomic E-state index is 0.310. The van der Waals surface area contributed by atoms with Gasteiger partial charge in [-0.05, 0) is 55.9 Å². The zero-order valence-corrected chi connectivity index (χ0v) is 9.37. The summed E-state index contributed by atoms with van der Waals surface area (Å²) in [5.74, 6) is 1.61. The minimum Gasteiger partial charge on any atom is -0.493 e. The van der Waals surface area contributed by atoms with Crippen molar-refractivity contribution in [3.8, 4) is 5.75 Å². The molecule has 1 heterocycles. The van der Waals surface area contributed by atoms with E-state index < -0.39 is 0 Å². The first-order chi connectivity index (χ1) is 7.84. The lowest BCUT2D eigenvalue weighted by Crippen LogP contribution is -2.03. The van der Waals surface area contributed by atoms with Gasteiger partial charge in [0, 0.05) is 11.5 Å². The molecule has 0 amide bonds. The van der Waals surface area contributed by atoms with Crippen molar-refractivity contribution in [3.05, 3.63) is 29.3 Å². The summed E-state index contributed by atoms with van der Waals surface area (Å²) in [7, 11) is 0. The van der Waals surface area contributed by atoms with Gasteiger partial charge in [0.1, 0.15) is 5.75 Å². The molecule has 0 bridgehead atoms. The van der Waals surface area contributed by atoms with Gasteiger partial charge >= 0.3 is 0 Å². The van der Waals surface area contributed by atoms with Crippen LogP contribution in [-0.4, -0.2) is 12.4 Å². The van der Waals surface area contributed by atoms with Crippen LogP contribution in [0.5, 0.6) is 5.75 Å². The molecule has 1 aromatic carbocycles. The lowest BCUT2D eigenvalue weighted by Gasteiger charge is -2.08. The monoisotopic (exact) mass is 216 g/mol. The maximum absolute atomic E-state index is 11.9. The van der Waals surface area contributed by atoms with Crippen molar-refractivity contribution >= 4 is 5.78 Å². The summed E-state index contributed by atoms with van der Waals surface area (Å²) in [5, 5.41) is 0. The molecule has 0 spiro atoms. The fourth-order valence-corrected chi connectivity index (χ4v) is 2.25. The van der Waals surface area contributed by atoms with Crippen LogP contribution in [0.15, 0.2) is 18.2 Å². The highest BCUT2D eigenvalue weighted by molar-refractivity contribution is 5.99. The van der Waals surface area contributed by atoms with Gasteiger partial charge in [-0.1, -0.05) is 0 Å². The molecule has 3 rings (SSSR count). The fraction of sp³-hybridized carbons (Fsp3) is 0.500. The Balaban J connectivity index is 1.90. The molecule has 0 saturated heterocycles. The van der Waals surface area contributed by atoms with Gasteiger partial charge < -0.3 is 4.74 Å². The standard InChI is InChI=1S/C14H16O2/c15-14(10-4-5-10)12-6-7-13-11(9-12)3-1-2-8-16-13/h6-7,9-10H,1-5,8H2. The Bertz CT molecular complexity index is 419. The van der Waals surface area contributed by atoms with Crippen LogP contribution in [0.4, 0.5) is 0 Å². The highest BCUT2D eigenvalue weighted by atomic mass is 16.5. The molecule has 0 radical (unpaired) electrons. The van der Waals surface area contributed by atoms with E-state index in [2.05, 4.69) is 0 Å². The Labute approximate surface area is 95.6 Å². The van der Waals surface area contributed by atoms with E-state index in [0.717, 1.165) is 50.0 Å². The summed E-state index contributed by atoms with van der Waals surface area (Å²) < 4.78 is 5.65. The number of rotatable bonds is 2. The summed E-state index contributed by atoms with van der Waals surface area (Å²) in [6.45, 7) is 0.808. The molecular weight excluding hydrogens is 200 g/mol. The third-order valence-electron chi connectivity index (χ3n) is 3.39. The number of aryl methyl sites for hydroxylation is 1. The molecule has 2 nitrogen and oxygen atoms in total. The highest BCUT2D eigenvalue weighted by Gasteiger charge is 2.30. The van der Waals surface area contributed by atoms with Crippen molar-refractivity contribution in [2.24, 2.45) is 5.92 Å². The second-order valence-electron chi connectivity index (χ2n) is 4.77. The predicted molar refractivity (Wildman–Crippen MR) is 61.9 cm³/mol. The third-order valence-corrected chi connectivity index (χ3v) is 3.39. The molecule has 1 fully saturated rings. The molecule has 0 aromatic heterocycles. The first-order valence-corrected chi connectivity index (χ1v) is 6.14. The summed E-state index contributed by atoms with van der Waals surface area (Å²) in [6, 6.07) is 5.93. The number of carbonyl (C=O) groups is 1. The van der Waals surface area contributed by atoms with Crippen molar-refractivity contribution in [1.29, 1.82) is 0 Å². The van der Waals surface area contributed by atoms with Gasteiger partial charge in [-0.2, -0.15) is 0 Å². The van der Waals surface area contributed by atoms with Gasteiger partial charge in [0.05, 0.1) is 6.61 Å². The lowest BCUT2D eigenvalue weighted by molar-refractivity contribution is 0.0967. The molecule has 84 valence electrons. The molecule has 1 aliphatic carbocycles. The summed E-state index contributed by atoms with van der Waals surface area (Å²) >= 11 is 0. The second kappa shape index (κ2) is 3.93. The largest absolute Gasteiger partial charge is 0.493 e. The van der Waals surface area contributed by atoms with Gasteiger partial charge in [0.2, 0.25) is 0 Å². The number of ether oxygens (including phenoxy) is 1. The van der Waals surface area contributed by atoms with E-state index in [4.69, 9.17) is 4.74 Å². The molecule has 0 unspecified atom stereocenters. The highest BCUT2D eigenvalue weighted by Crippen LogP contribution is 2.34. The Morgan fingerprint density at radius 1 is 1.25 bits per heavy atom. The molecule has 0 atom stereocenters. The van der Waals surface area contributed by atoms with Crippen molar-refractivity contribution in [1.82, 2.24) is 0 Å². The first-order valence-electron chi connectivity index (χ1n) is 6.14. The Morgan fingerprint density at radius 2 is 2.12 bits per heavy atom. The van der Waals surface area contributed by atoms with E-state index in [1.54, 1.807) is 0 Å². The normalized spacial score (nSPS) is 19.5. The number of carbonyl (C=O) groups excluding carboxylic acids is 1. The SMILES string of the molecule is O=C(c1ccc2c(c1)CCCCO2)C1CC1. The number of ketones is 1. The number of fused-ring (bicyclic) bond motifs is 1. The predicted octanol–water partition coefficient (Wildman–Crippen LogP) is 2.99. The second-order valence-corrected chi connectivity index (χ2v) is 4.77. The summed E-state index contributed by atoms with van der Waals surface area (Å²) in [6.07, 6.45) is 5.47. The molecule has 2 heteroatoms. The van der Waals surface area contributed by atoms with E-state index in [-0.39, 0.29) is 0 Å². The van der Waals surface area contributed by atoms with Gasteiger partial charge in [-0.25, -0.2) is 0 Å². The van der Waals surface area contributed by atoms with Crippen molar-refractivity contribution in [2.75, 3.05) is 6.61 Å². The Morgan fingerprint density at radius 3 is 2.94 bits per heavy atom. The number of hydrogen-bond acceptors (Lipinski definition) is 2. The molecule has 1 aromatic rings. The van der Waals surface area contributed by atoms with Crippen LogP contribution < -0.4 is 4.74 Å². The van der Waals surface area contributed by atoms with Crippen LogP contribution in [-0.2, 0) is 6.42 Å². The van der Waals surface area contributed by atoms with Crippen molar-refractivity contribution in [3.63, 3.8) is 0 Å². The maximum atomic E-state index is 11.9. The smallest absolute Gasteiger partial charge is 0.165 e. The number of Topliss-reactive ketones (excluding diaryl/α,β-unsaturated/α-hetero) is 1. The van der Waals surface area contributed by atoms with Gasteiger partial charge in [0.25, 0.3) is 0 Å². The summed E-state index contributed by atoms with van der Waals surface area (Å²) in [4.78, 5) is 11.9. The Kier molecular flexibility index (Phi) is 2.43. The van der Waals surface area contributed by atoms with E-state index in [9.17, 15) is 4.79 Å². The minimum absolute atomic E-state index is 0.310. The molecule has 16 heavy (non-hydrogen) atoms. The lowest BCUT2D eigenvalue weighted by atomic mass is 10.0. The van der Waals surface area contributed by atoms with Crippen LogP contribution in [0.2, 0.25) is 0 Å². The summed E-state index contributed by atoms with van der Waals surface area (Å²) in [5.41, 5.74) is 2.09. The van der Waals surface area contributed by atoms with E-state index >= 15 is 0 Å². The molecular formula is C14H16O2. The maximum Gasteiger partial charge on any atom is 0.165 e. The van der Waals surface area contributed by atoms with E-state index in [0.29, 0.717) is 11.7 Å². The number of hydrogen-bond donors (Lipinski definition) is 0. The molecule has 1 saturated carbocycles. The first kappa shape index (κ1) is 9.88. The van der Waals surface area contributed by atoms with Gasteiger partial charge in [-0.15, -0.1) is 0 Å². The molecule has 2 aliphatic rings. The quantitative estimate of drug-likeness (QED) is 0.710. The molecule has 1 aliphatic heterocycles. The third kappa shape index (κ3) is 1.84. The van der Waals surface area contributed by atoms with Crippen LogP contribution >= 0.6 is 0 Å². The van der Waals surface area contributed by atoms with Crippen molar-refractivity contribution in [2.45, 2.75) is 32.1 Å². The van der Waals surface area contributed by atoms with Gasteiger partial charge in [-0.3, -0.25) is 4.79 Å². The van der Waals surface area contributed by atoms with E-state index in [1.807, 2.05) is 18.2 Å². The van der Waals surface area contributed by atoms with Crippen LogP contribution in [0, 0.1) is 5.92 Å². The average molecular weight is 216 g/mol. The van der Waals surface area contributed by atoms with Crippen LogP contribution in [0.3, 0.4) is 0 Å². The average Bonchev–Trinajstić information content (AvgIpc) is 3.14. The van der Waals surface area contributed by atoms with Crippen LogP contribution in [0.1, 0.15) is 41.6 Å². The van der Waals surface area contributed by atoms with Crippen molar-refractivity contribution < 1.29 is 9.53 Å². The topological polar surface area (TPSA) is 26.3 Å². The molecule has 0 N–H and O–H groups in total. The zero-order valence-electron chi connectivity index (χ0n) is 9.37.